The zero-order valence-electron chi connectivity index (χ0n) is 13.6. The largest absolute Gasteiger partial charge is 0.385 e. The van der Waals surface area contributed by atoms with Gasteiger partial charge in [-0.1, -0.05) is 68.3 Å². The standard InChI is InChI=1S/C20H27NO/c1-3-4-15-20(22,18-11-7-5-8-12-18)16-17(2)21-19-13-9-6-10-14-19/h5-14,17,21-22H,3-4,15-16H2,1-2H3. The fourth-order valence-corrected chi connectivity index (χ4v) is 2.96. The van der Waals surface area contributed by atoms with Crippen molar-refractivity contribution in [3.05, 3.63) is 66.2 Å². The number of hydrogen-bond donors (Lipinski definition) is 2. The maximum Gasteiger partial charge on any atom is 0.0915 e. The van der Waals surface area contributed by atoms with Crippen LogP contribution in [0.1, 0.15) is 45.1 Å². The van der Waals surface area contributed by atoms with Crippen molar-refractivity contribution < 1.29 is 5.11 Å². The Labute approximate surface area is 134 Å². The topological polar surface area (TPSA) is 32.3 Å². The quantitative estimate of drug-likeness (QED) is 0.722. The molecule has 2 nitrogen and oxygen atoms in total. The van der Waals surface area contributed by atoms with E-state index in [1.54, 1.807) is 0 Å². The second-order valence-corrected chi connectivity index (χ2v) is 6.12. The Balaban J connectivity index is 2.09. The average Bonchev–Trinajstić information content (AvgIpc) is 2.54. The number of unbranched alkanes of at least 4 members (excludes halogenated alkanes) is 1. The normalized spacial score (nSPS) is 15.0. The molecule has 0 saturated heterocycles. The second-order valence-electron chi connectivity index (χ2n) is 6.12. The maximum absolute atomic E-state index is 11.2. The monoisotopic (exact) mass is 297 g/mol. The van der Waals surface area contributed by atoms with Crippen LogP contribution in [0, 0.1) is 0 Å². The molecule has 0 saturated carbocycles. The maximum atomic E-state index is 11.2. The molecule has 2 heteroatoms. The van der Waals surface area contributed by atoms with E-state index in [4.69, 9.17) is 0 Å². The molecule has 2 rings (SSSR count). The molecule has 0 radical (unpaired) electrons. The van der Waals surface area contributed by atoms with Gasteiger partial charge in [0.2, 0.25) is 0 Å². The van der Waals surface area contributed by atoms with Crippen LogP contribution in [0.15, 0.2) is 60.7 Å². The van der Waals surface area contributed by atoms with Gasteiger partial charge >= 0.3 is 0 Å². The Hall–Kier alpha value is -1.80. The molecular formula is C20H27NO. The van der Waals surface area contributed by atoms with E-state index in [0.717, 1.165) is 30.5 Å². The number of para-hydroxylation sites is 1. The molecule has 2 aromatic rings. The Kier molecular flexibility index (Phi) is 6.02. The highest BCUT2D eigenvalue weighted by Gasteiger charge is 2.30. The van der Waals surface area contributed by atoms with Crippen LogP contribution >= 0.6 is 0 Å². The third kappa shape index (κ3) is 4.60. The molecule has 118 valence electrons. The highest BCUT2D eigenvalue weighted by atomic mass is 16.3. The lowest BCUT2D eigenvalue weighted by Crippen LogP contribution is -2.33. The van der Waals surface area contributed by atoms with Gasteiger partial charge in [-0.05, 0) is 31.0 Å². The SMILES string of the molecule is CCCCC(O)(CC(C)Nc1ccccc1)c1ccccc1. The fraction of sp³-hybridized carbons (Fsp3) is 0.400. The summed E-state index contributed by atoms with van der Waals surface area (Å²) in [5.41, 5.74) is 1.35. The van der Waals surface area contributed by atoms with Gasteiger partial charge in [0, 0.05) is 18.2 Å². The molecule has 0 bridgehead atoms. The van der Waals surface area contributed by atoms with Crippen molar-refractivity contribution in [3.8, 4) is 0 Å². The number of rotatable bonds is 8. The van der Waals surface area contributed by atoms with Gasteiger partial charge in [0.05, 0.1) is 5.60 Å². The first-order valence-electron chi connectivity index (χ1n) is 8.23. The smallest absolute Gasteiger partial charge is 0.0915 e. The minimum Gasteiger partial charge on any atom is -0.385 e. The van der Waals surface area contributed by atoms with E-state index in [9.17, 15) is 5.11 Å². The molecule has 0 aliphatic rings. The minimum atomic E-state index is -0.765. The van der Waals surface area contributed by atoms with Crippen molar-refractivity contribution in [2.24, 2.45) is 0 Å². The van der Waals surface area contributed by atoms with E-state index < -0.39 is 5.60 Å². The van der Waals surface area contributed by atoms with Crippen LogP contribution in [0.4, 0.5) is 5.69 Å². The van der Waals surface area contributed by atoms with E-state index in [1.807, 2.05) is 48.5 Å². The number of anilines is 1. The molecule has 2 aromatic carbocycles. The summed E-state index contributed by atoms with van der Waals surface area (Å²) in [5, 5.41) is 14.7. The Morgan fingerprint density at radius 2 is 1.59 bits per heavy atom. The Morgan fingerprint density at radius 1 is 1.00 bits per heavy atom. The molecule has 2 N–H and O–H groups in total. The van der Waals surface area contributed by atoms with Gasteiger partial charge in [-0.15, -0.1) is 0 Å². The van der Waals surface area contributed by atoms with Crippen molar-refractivity contribution >= 4 is 5.69 Å². The Morgan fingerprint density at radius 3 is 2.18 bits per heavy atom. The van der Waals surface area contributed by atoms with Crippen molar-refractivity contribution in [1.82, 2.24) is 0 Å². The van der Waals surface area contributed by atoms with Gasteiger partial charge in [-0.25, -0.2) is 0 Å². The molecule has 0 aliphatic carbocycles. The van der Waals surface area contributed by atoms with Gasteiger partial charge in [0.1, 0.15) is 0 Å². The first-order chi connectivity index (χ1) is 10.6. The summed E-state index contributed by atoms with van der Waals surface area (Å²) in [5.74, 6) is 0. The molecule has 2 unspecified atom stereocenters. The third-order valence-electron chi connectivity index (χ3n) is 4.09. The van der Waals surface area contributed by atoms with E-state index in [0.29, 0.717) is 6.42 Å². The summed E-state index contributed by atoms with van der Waals surface area (Å²) in [6.07, 6.45) is 3.62. The number of hydrogen-bond acceptors (Lipinski definition) is 2. The molecule has 0 aliphatic heterocycles. The van der Waals surface area contributed by atoms with Crippen LogP contribution in [0.25, 0.3) is 0 Å². The summed E-state index contributed by atoms with van der Waals surface area (Å²) in [6.45, 7) is 4.30. The van der Waals surface area contributed by atoms with Gasteiger partial charge in [0.25, 0.3) is 0 Å². The molecule has 0 amide bonds. The molecule has 0 spiro atoms. The lowest BCUT2D eigenvalue weighted by molar-refractivity contribution is 0.0130. The average molecular weight is 297 g/mol. The fourth-order valence-electron chi connectivity index (χ4n) is 2.96. The van der Waals surface area contributed by atoms with Gasteiger partial charge < -0.3 is 10.4 Å². The van der Waals surface area contributed by atoms with Crippen molar-refractivity contribution in [2.45, 2.75) is 51.2 Å². The van der Waals surface area contributed by atoms with E-state index >= 15 is 0 Å². The molecule has 22 heavy (non-hydrogen) atoms. The Bertz CT molecular complexity index is 540. The first kappa shape index (κ1) is 16.6. The van der Waals surface area contributed by atoms with Crippen molar-refractivity contribution in [2.75, 3.05) is 5.32 Å². The van der Waals surface area contributed by atoms with E-state index in [-0.39, 0.29) is 6.04 Å². The van der Waals surface area contributed by atoms with Crippen LogP contribution in [0.3, 0.4) is 0 Å². The zero-order valence-corrected chi connectivity index (χ0v) is 13.6. The van der Waals surface area contributed by atoms with Crippen molar-refractivity contribution in [3.63, 3.8) is 0 Å². The zero-order chi connectivity index (χ0) is 15.8. The first-order valence-corrected chi connectivity index (χ1v) is 8.23. The second kappa shape index (κ2) is 8.00. The molecule has 0 aromatic heterocycles. The lowest BCUT2D eigenvalue weighted by atomic mass is 9.83. The van der Waals surface area contributed by atoms with Gasteiger partial charge in [0.15, 0.2) is 0 Å². The van der Waals surface area contributed by atoms with Crippen LogP contribution in [0.2, 0.25) is 0 Å². The number of nitrogens with one attached hydrogen (secondary N) is 1. The summed E-state index contributed by atoms with van der Waals surface area (Å²) < 4.78 is 0. The summed E-state index contributed by atoms with van der Waals surface area (Å²) >= 11 is 0. The van der Waals surface area contributed by atoms with Crippen LogP contribution in [-0.4, -0.2) is 11.1 Å². The molecule has 0 fully saturated rings. The third-order valence-corrected chi connectivity index (χ3v) is 4.09. The molecule has 2 atom stereocenters. The predicted molar refractivity (Wildman–Crippen MR) is 94.0 cm³/mol. The summed E-state index contributed by atoms with van der Waals surface area (Å²) in [6, 6.07) is 20.4. The number of aliphatic hydroxyl groups is 1. The molecule has 0 heterocycles. The highest BCUT2D eigenvalue weighted by Crippen LogP contribution is 2.32. The van der Waals surface area contributed by atoms with Gasteiger partial charge in [-0.3, -0.25) is 0 Å². The van der Waals surface area contributed by atoms with Gasteiger partial charge in [-0.2, -0.15) is 0 Å². The van der Waals surface area contributed by atoms with E-state index in [1.165, 1.54) is 0 Å². The minimum absolute atomic E-state index is 0.199. The number of benzene rings is 2. The van der Waals surface area contributed by atoms with Crippen LogP contribution in [0.5, 0.6) is 0 Å². The summed E-state index contributed by atoms with van der Waals surface area (Å²) in [7, 11) is 0. The van der Waals surface area contributed by atoms with Crippen LogP contribution < -0.4 is 5.32 Å². The van der Waals surface area contributed by atoms with Crippen LogP contribution in [-0.2, 0) is 5.60 Å². The highest BCUT2D eigenvalue weighted by molar-refractivity contribution is 5.43. The predicted octanol–water partition coefficient (Wildman–Crippen LogP) is 4.96. The molecular weight excluding hydrogens is 270 g/mol. The summed E-state index contributed by atoms with van der Waals surface area (Å²) in [4.78, 5) is 0. The van der Waals surface area contributed by atoms with Crippen molar-refractivity contribution in [1.29, 1.82) is 0 Å². The lowest BCUT2D eigenvalue weighted by Gasteiger charge is -2.32. The van der Waals surface area contributed by atoms with E-state index in [2.05, 4.69) is 31.3 Å².